The summed E-state index contributed by atoms with van der Waals surface area (Å²) in [5, 5.41) is 0.163. The van der Waals surface area contributed by atoms with Crippen molar-refractivity contribution in [3.05, 3.63) is 0 Å². The molecular weight excluding hydrogens is 394 g/mol. The molecule has 2 aliphatic rings. The van der Waals surface area contributed by atoms with E-state index in [1.54, 1.807) is 0 Å². The van der Waals surface area contributed by atoms with Crippen LogP contribution in [0.15, 0.2) is 0 Å². The summed E-state index contributed by atoms with van der Waals surface area (Å²) in [5.41, 5.74) is 0. The summed E-state index contributed by atoms with van der Waals surface area (Å²) in [4.78, 5) is 26.5. The van der Waals surface area contributed by atoms with Crippen LogP contribution in [-0.4, -0.2) is 45.0 Å². The van der Waals surface area contributed by atoms with Crippen molar-refractivity contribution in [2.24, 2.45) is 11.8 Å². The Morgan fingerprint density at radius 2 is 1.52 bits per heavy atom. The fraction of sp³-hybridized carbons (Fsp3) is 0.913. The van der Waals surface area contributed by atoms with Gasteiger partial charge in [0, 0.05) is 18.4 Å². The summed E-state index contributed by atoms with van der Waals surface area (Å²) < 4.78 is 8.87. The zero-order valence-corrected chi connectivity index (χ0v) is 22.8. The topological polar surface area (TPSA) is 46.6 Å². The smallest absolute Gasteiger partial charge is 0.222 e. The zero-order chi connectivity index (χ0) is 22.6. The zero-order valence-electron chi connectivity index (χ0n) is 20.8. The van der Waals surface area contributed by atoms with Gasteiger partial charge in [0.15, 0.2) is 16.6 Å². The first kappa shape index (κ1) is 24.8. The Morgan fingerprint density at radius 1 is 0.966 bits per heavy atom. The number of β-lactam (4-membered cyclic amide) rings is 1. The first-order valence-corrected chi connectivity index (χ1v) is 17.3. The van der Waals surface area contributed by atoms with Crippen molar-refractivity contribution in [3.8, 4) is 0 Å². The molecule has 168 valence electrons. The van der Waals surface area contributed by atoms with Gasteiger partial charge in [0.1, 0.15) is 5.78 Å². The van der Waals surface area contributed by atoms with Gasteiger partial charge >= 0.3 is 0 Å². The summed E-state index contributed by atoms with van der Waals surface area (Å²) in [6.45, 7) is 24.6. The van der Waals surface area contributed by atoms with Crippen molar-refractivity contribution < 1.29 is 14.0 Å². The van der Waals surface area contributed by atoms with Gasteiger partial charge in [0.05, 0.1) is 12.0 Å². The number of carbonyl (C=O) groups excluding carboxylic acids is 2. The van der Waals surface area contributed by atoms with Crippen molar-refractivity contribution in [1.82, 2.24) is 4.57 Å². The van der Waals surface area contributed by atoms with E-state index in [0.29, 0.717) is 12.2 Å². The Bertz CT molecular complexity index is 645. The van der Waals surface area contributed by atoms with Crippen LogP contribution in [0.1, 0.15) is 74.1 Å². The van der Waals surface area contributed by atoms with Crippen molar-refractivity contribution in [2.45, 2.75) is 123 Å². The van der Waals surface area contributed by atoms with Crippen molar-refractivity contribution in [1.29, 1.82) is 0 Å². The molecule has 0 radical (unpaired) electrons. The van der Waals surface area contributed by atoms with Gasteiger partial charge in [-0.25, -0.2) is 0 Å². The van der Waals surface area contributed by atoms with Gasteiger partial charge in [0.25, 0.3) is 0 Å². The summed E-state index contributed by atoms with van der Waals surface area (Å²) in [7, 11) is -4.04. The number of amides is 1. The summed E-state index contributed by atoms with van der Waals surface area (Å²) in [6.07, 6.45) is 3.55. The van der Waals surface area contributed by atoms with E-state index >= 15 is 0 Å². The Hall–Kier alpha value is -0.466. The Balaban J connectivity index is 2.38. The lowest BCUT2D eigenvalue weighted by Crippen LogP contribution is -2.77. The maximum atomic E-state index is 13.6. The molecule has 2 fully saturated rings. The minimum atomic E-state index is -2.06. The highest BCUT2D eigenvalue weighted by atomic mass is 28.4. The molecule has 0 aromatic heterocycles. The van der Waals surface area contributed by atoms with E-state index in [0.717, 1.165) is 19.3 Å². The standard InChI is InChI=1S/C23H45NO3Si2/c1-16(27-29(10,11)23(5,6)7)19-20(17-14-12-13-15-18(17)25)24(21(19)26)28(8,9)22(2,3)4/h16-17,19-20H,12-15H2,1-11H3/t16-,17?,19-,20-/m1/s1. The van der Waals surface area contributed by atoms with Gasteiger partial charge in [-0.3, -0.25) is 9.59 Å². The number of hydrogen-bond donors (Lipinski definition) is 0. The molecule has 6 heteroatoms. The summed E-state index contributed by atoms with van der Waals surface area (Å²) >= 11 is 0. The monoisotopic (exact) mass is 439 g/mol. The average Bonchev–Trinajstić information content (AvgIpc) is 2.50. The number of Topliss-reactive ketones (excluding diaryl/α,β-unsaturated/α-hetero) is 1. The van der Waals surface area contributed by atoms with Gasteiger partial charge in [0.2, 0.25) is 5.91 Å². The number of carbonyl (C=O) groups is 2. The average molecular weight is 440 g/mol. The minimum Gasteiger partial charge on any atom is -0.413 e. The van der Waals surface area contributed by atoms with Gasteiger partial charge in [-0.15, -0.1) is 0 Å². The van der Waals surface area contributed by atoms with Crippen LogP contribution in [0.4, 0.5) is 0 Å². The fourth-order valence-corrected chi connectivity index (χ4v) is 8.47. The third kappa shape index (κ3) is 4.45. The highest BCUT2D eigenvalue weighted by Crippen LogP contribution is 2.50. The predicted molar refractivity (Wildman–Crippen MR) is 126 cm³/mol. The van der Waals surface area contributed by atoms with Crippen LogP contribution in [0, 0.1) is 11.8 Å². The van der Waals surface area contributed by atoms with Crippen LogP contribution in [0.2, 0.25) is 36.3 Å². The van der Waals surface area contributed by atoms with Gasteiger partial charge in [-0.2, -0.15) is 0 Å². The Labute approximate surface area is 181 Å². The molecule has 29 heavy (non-hydrogen) atoms. The molecule has 4 nitrogen and oxygen atoms in total. The SMILES string of the molecule is C[C@@H](O[Si](C)(C)C(C)(C)C)[C@H]1C(=O)N([Si](C)(C)C(C)(C)C)[C@@H]1C1CCCCC1=O. The molecule has 0 bridgehead atoms. The van der Waals surface area contributed by atoms with Gasteiger partial charge in [-0.1, -0.05) is 61.1 Å². The minimum absolute atomic E-state index is 0.00830. The first-order chi connectivity index (χ1) is 12.9. The molecule has 0 N–H and O–H groups in total. The maximum Gasteiger partial charge on any atom is 0.222 e. The first-order valence-electron chi connectivity index (χ1n) is 11.5. The lowest BCUT2D eigenvalue weighted by atomic mass is 9.72. The van der Waals surface area contributed by atoms with Gasteiger partial charge < -0.3 is 8.99 Å². The van der Waals surface area contributed by atoms with E-state index in [4.69, 9.17) is 4.43 Å². The van der Waals surface area contributed by atoms with Crippen molar-refractivity contribution in [3.63, 3.8) is 0 Å². The fourth-order valence-electron chi connectivity index (χ4n) is 4.54. The van der Waals surface area contributed by atoms with Gasteiger partial charge in [-0.05, 0) is 42.9 Å². The molecule has 1 saturated carbocycles. The van der Waals surface area contributed by atoms with E-state index in [2.05, 4.69) is 79.2 Å². The summed E-state index contributed by atoms with van der Waals surface area (Å²) in [5.74, 6) is 0.407. The number of rotatable bonds is 5. The van der Waals surface area contributed by atoms with Crippen LogP contribution in [0.3, 0.4) is 0 Å². The maximum absolute atomic E-state index is 13.6. The third-order valence-corrected chi connectivity index (χ3v) is 18.4. The van der Waals surface area contributed by atoms with E-state index in [1.165, 1.54) is 0 Å². The molecular formula is C23H45NO3Si2. The second kappa shape index (κ2) is 7.90. The van der Waals surface area contributed by atoms with E-state index < -0.39 is 16.6 Å². The van der Waals surface area contributed by atoms with Crippen molar-refractivity contribution >= 4 is 28.2 Å². The van der Waals surface area contributed by atoms with Crippen LogP contribution in [0.5, 0.6) is 0 Å². The lowest BCUT2D eigenvalue weighted by molar-refractivity contribution is -0.160. The Kier molecular flexibility index (Phi) is 6.76. The molecule has 1 aliphatic carbocycles. The lowest BCUT2D eigenvalue weighted by Gasteiger charge is -2.62. The molecule has 0 aromatic carbocycles. The van der Waals surface area contributed by atoms with Crippen LogP contribution < -0.4 is 0 Å². The number of ketones is 1. The summed E-state index contributed by atoms with van der Waals surface area (Å²) in [6, 6.07) is 0.0240. The largest absolute Gasteiger partial charge is 0.413 e. The van der Waals surface area contributed by atoms with Crippen molar-refractivity contribution in [2.75, 3.05) is 0 Å². The molecule has 1 amide bonds. The second-order valence-corrected chi connectivity index (χ2v) is 22.3. The molecule has 1 heterocycles. The molecule has 2 rings (SSSR count). The van der Waals surface area contributed by atoms with Crippen LogP contribution in [-0.2, 0) is 14.0 Å². The molecule has 1 aliphatic heterocycles. The normalized spacial score (nSPS) is 28.4. The molecule has 1 unspecified atom stereocenters. The molecule has 0 aromatic rings. The third-order valence-electron chi connectivity index (χ3n) is 8.43. The predicted octanol–water partition coefficient (Wildman–Crippen LogP) is 5.99. The highest BCUT2D eigenvalue weighted by molar-refractivity contribution is 6.80. The van der Waals surface area contributed by atoms with E-state index in [9.17, 15) is 9.59 Å². The van der Waals surface area contributed by atoms with Crippen LogP contribution in [0.25, 0.3) is 0 Å². The van der Waals surface area contributed by atoms with E-state index in [1.807, 2.05) is 0 Å². The molecule has 0 spiro atoms. The van der Waals surface area contributed by atoms with Crippen LogP contribution >= 0.6 is 0 Å². The highest BCUT2D eigenvalue weighted by Gasteiger charge is 2.62. The molecule has 1 saturated heterocycles. The Morgan fingerprint density at radius 3 is 1.97 bits per heavy atom. The number of hydrogen-bond acceptors (Lipinski definition) is 3. The molecule has 4 atom stereocenters. The second-order valence-electron chi connectivity index (χ2n) is 12.4. The van der Waals surface area contributed by atoms with E-state index in [-0.39, 0.29) is 40.0 Å². The number of nitrogens with zero attached hydrogens (tertiary/aromatic N) is 1. The quantitative estimate of drug-likeness (QED) is 0.390.